The van der Waals surface area contributed by atoms with E-state index in [1.165, 1.54) is 0 Å². The first-order chi connectivity index (χ1) is 15.7. The summed E-state index contributed by atoms with van der Waals surface area (Å²) in [6.07, 6.45) is 0.883. The number of aliphatic carboxylic acids is 1. The van der Waals surface area contributed by atoms with E-state index >= 15 is 0 Å². The Hall–Kier alpha value is -2.74. The highest BCUT2D eigenvalue weighted by molar-refractivity contribution is 6.39. The fourth-order valence-electron chi connectivity index (χ4n) is 3.25. The van der Waals surface area contributed by atoms with Gasteiger partial charge in [-0.15, -0.1) is 0 Å². The smallest absolute Gasteiger partial charge is 0.326 e. The van der Waals surface area contributed by atoms with Crippen molar-refractivity contribution in [2.45, 2.75) is 32.4 Å². The third kappa shape index (κ3) is 5.99. The molecule has 0 bridgehead atoms. The lowest BCUT2D eigenvalue weighted by Crippen LogP contribution is -2.42. The molecule has 7 nitrogen and oxygen atoms in total. The Morgan fingerprint density at radius 1 is 0.970 bits per heavy atom. The summed E-state index contributed by atoms with van der Waals surface area (Å²) in [5.74, 6) is -1.13. The molecule has 174 valence electrons. The molecule has 1 atom stereocenters. The Morgan fingerprint density at radius 2 is 1.58 bits per heavy atom. The van der Waals surface area contributed by atoms with Gasteiger partial charge in [0.2, 0.25) is 0 Å². The minimum atomic E-state index is -1.13. The minimum Gasteiger partial charge on any atom is -0.480 e. The van der Waals surface area contributed by atoms with E-state index in [0.29, 0.717) is 33.7 Å². The molecule has 0 aliphatic carbocycles. The monoisotopic (exact) mass is 509 g/mol. The van der Waals surface area contributed by atoms with Crippen molar-refractivity contribution in [3.8, 4) is 0 Å². The van der Waals surface area contributed by atoms with Gasteiger partial charge in [0, 0.05) is 45.8 Å². The highest BCUT2D eigenvalue weighted by atomic mass is 35.5. The Balaban J connectivity index is 1.65. The lowest BCUT2D eigenvalue weighted by Gasteiger charge is -2.20. The van der Waals surface area contributed by atoms with Crippen molar-refractivity contribution >= 4 is 57.8 Å². The number of hydrogen-bond acceptors (Lipinski definition) is 6. The summed E-state index contributed by atoms with van der Waals surface area (Å²) >= 11 is 18.3. The van der Waals surface area contributed by atoms with Crippen LogP contribution < -0.4 is 26.8 Å². The van der Waals surface area contributed by atoms with Crippen LogP contribution in [0.25, 0.3) is 0 Å². The van der Waals surface area contributed by atoms with E-state index in [-0.39, 0.29) is 17.8 Å². The van der Waals surface area contributed by atoms with Gasteiger partial charge in [0.15, 0.2) is 0 Å². The molecule has 0 saturated carbocycles. The van der Waals surface area contributed by atoms with Crippen molar-refractivity contribution in [3.05, 3.63) is 83.0 Å². The maximum atomic E-state index is 11.9. The van der Waals surface area contributed by atoms with Crippen LogP contribution in [0.1, 0.15) is 24.5 Å². The number of halogens is 3. The molecule has 0 aliphatic heterocycles. The third-order valence-electron chi connectivity index (χ3n) is 5.05. The van der Waals surface area contributed by atoms with Gasteiger partial charge in [0.25, 0.3) is 10.9 Å². The number of anilines is 3. The molecule has 1 unspecified atom stereocenters. The van der Waals surface area contributed by atoms with Crippen LogP contribution >= 0.6 is 34.8 Å². The van der Waals surface area contributed by atoms with E-state index in [0.717, 1.165) is 17.7 Å². The van der Waals surface area contributed by atoms with Gasteiger partial charge in [-0.2, -0.15) is 0 Å². The minimum absolute atomic E-state index is 0.0239. The van der Waals surface area contributed by atoms with Crippen LogP contribution in [0.3, 0.4) is 0 Å². The largest absolute Gasteiger partial charge is 0.480 e. The quantitative estimate of drug-likeness (QED) is 0.275. The van der Waals surface area contributed by atoms with Gasteiger partial charge < -0.3 is 21.1 Å². The fourth-order valence-corrected chi connectivity index (χ4v) is 4.20. The second-order valence-electron chi connectivity index (χ2n) is 7.47. The number of nitrogens with one attached hydrogen (secondary N) is 3. The third-order valence-corrected chi connectivity index (χ3v) is 5.94. The standard InChI is InChI=1S/C23H22Cl3N3O4/c1-2-7-27-19-20(22(31)21(19)30)29-18(23(32)33)8-12-3-5-14(6-4-12)28-11-15-16(25)9-13(24)10-17(15)26/h3-6,9-10,18,27-29H,2,7-8,11H2,1H3,(H,32,33). The maximum Gasteiger partial charge on any atom is 0.326 e. The normalized spacial score (nSPS) is 11.9. The maximum absolute atomic E-state index is 11.9. The van der Waals surface area contributed by atoms with E-state index in [2.05, 4.69) is 16.0 Å². The van der Waals surface area contributed by atoms with Crippen LogP contribution in [0.5, 0.6) is 0 Å². The van der Waals surface area contributed by atoms with Crippen LogP contribution in [0, 0.1) is 0 Å². The van der Waals surface area contributed by atoms with Crippen molar-refractivity contribution in [1.29, 1.82) is 0 Å². The summed E-state index contributed by atoms with van der Waals surface area (Å²) < 4.78 is 0. The highest BCUT2D eigenvalue weighted by Gasteiger charge is 2.26. The average Bonchev–Trinajstić information content (AvgIpc) is 2.77. The molecule has 0 amide bonds. The second-order valence-corrected chi connectivity index (χ2v) is 8.72. The molecule has 0 saturated heterocycles. The molecular weight excluding hydrogens is 489 g/mol. The number of carbonyl (C=O) groups is 1. The number of benzene rings is 2. The SMILES string of the molecule is CCCNc1c(NC(Cc2ccc(NCc3c(Cl)cc(Cl)cc3Cl)cc2)C(=O)O)c(=O)c1=O. The Bertz CT molecular complexity index is 1200. The van der Waals surface area contributed by atoms with Crippen LogP contribution in [0.2, 0.25) is 15.1 Å². The van der Waals surface area contributed by atoms with E-state index in [1.807, 2.05) is 6.92 Å². The van der Waals surface area contributed by atoms with E-state index in [4.69, 9.17) is 34.8 Å². The predicted octanol–water partition coefficient (Wildman–Crippen LogP) is 4.78. The molecule has 0 spiro atoms. The lowest BCUT2D eigenvalue weighted by atomic mass is 10.0. The zero-order valence-electron chi connectivity index (χ0n) is 17.7. The summed E-state index contributed by atoms with van der Waals surface area (Å²) in [6, 6.07) is 9.34. The molecule has 3 aromatic rings. The van der Waals surface area contributed by atoms with Gasteiger partial charge >= 0.3 is 5.97 Å². The first-order valence-corrected chi connectivity index (χ1v) is 11.4. The number of rotatable bonds is 11. The van der Waals surface area contributed by atoms with Crippen LogP contribution in [0.4, 0.5) is 17.1 Å². The molecular formula is C23H22Cl3N3O4. The number of carboxylic acid groups (broad SMARTS) is 1. The first kappa shape index (κ1) is 24.9. The molecule has 0 aliphatic rings. The Labute approximate surface area is 205 Å². The van der Waals surface area contributed by atoms with Gasteiger partial charge in [-0.25, -0.2) is 4.79 Å². The first-order valence-electron chi connectivity index (χ1n) is 10.2. The molecule has 0 radical (unpaired) electrons. The van der Waals surface area contributed by atoms with Crippen molar-refractivity contribution in [2.75, 3.05) is 22.5 Å². The zero-order chi connectivity index (χ0) is 24.1. The van der Waals surface area contributed by atoms with Gasteiger partial charge in [0.05, 0.1) is 0 Å². The van der Waals surface area contributed by atoms with Crippen molar-refractivity contribution in [2.24, 2.45) is 0 Å². The summed E-state index contributed by atoms with van der Waals surface area (Å²) in [5.41, 5.74) is 1.06. The Kier molecular flexibility index (Phi) is 8.24. The highest BCUT2D eigenvalue weighted by Crippen LogP contribution is 2.29. The van der Waals surface area contributed by atoms with E-state index in [9.17, 15) is 19.5 Å². The lowest BCUT2D eigenvalue weighted by molar-refractivity contribution is -0.137. The molecule has 3 aromatic carbocycles. The van der Waals surface area contributed by atoms with Gasteiger partial charge in [-0.05, 0) is 36.2 Å². The van der Waals surface area contributed by atoms with Gasteiger partial charge in [-0.1, -0.05) is 53.9 Å². The second kappa shape index (κ2) is 10.9. The van der Waals surface area contributed by atoms with Gasteiger partial charge in [-0.3, -0.25) is 9.59 Å². The molecule has 4 N–H and O–H groups in total. The summed E-state index contributed by atoms with van der Waals surface area (Å²) in [4.78, 5) is 35.4. The molecule has 10 heteroatoms. The summed E-state index contributed by atoms with van der Waals surface area (Å²) in [6.45, 7) is 2.81. The Morgan fingerprint density at radius 3 is 2.15 bits per heavy atom. The van der Waals surface area contributed by atoms with Gasteiger partial charge in [0.1, 0.15) is 17.4 Å². The van der Waals surface area contributed by atoms with Crippen molar-refractivity contribution < 1.29 is 9.90 Å². The zero-order valence-corrected chi connectivity index (χ0v) is 19.9. The van der Waals surface area contributed by atoms with Crippen LogP contribution in [0.15, 0.2) is 46.0 Å². The van der Waals surface area contributed by atoms with E-state index in [1.54, 1.807) is 36.4 Å². The number of carboxylic acids is 1. The summed E-state index contributed by atoms with van der Waals surface area (Å²) in [7, 11) is 0. The van der Waals surface area contributed by atoms with Crippen LogP contribution in [-0.4, -0.2) is 23.7 Å². The molecule has 0 heterocycles. The average molecular weight is 511 g/mol. The molecule has 0 aromatic heterocycles. The fraction of sp³-hybridized carbons (Fsp3) is 0.261. The van der Waals surface area contributed by atoms with E-state index < -0.39 is 22.9 Å². The number of hydrogen-bond donors (Lipinski definition) is 4. The topological polar surface area (TPSA) is 108 Å². The molecule has 33 heavy (non-hydrogen) atoms. The predicted molar refractivity (Wildman–Crippen MR) is 134 cm³/mol. The van der Waals surface area contributed by atoms with Crippen molar-refractivity contribution in [1.82, 2.24) is 0 Å². The summed E-state index contributed by atoms with van der Waals surface area (Å²) in [5, 5.41) is 19.8. The molecule has 3 rings (SSSR count). The molecule has 0 fully saturated rings. The van der Waals surface area contributed by atoms with Crippen LogP contribution in [-0.2, 0) is 17.8 Å². The van der Waals surface area contributed by atoms with Crippen molar-refractivity contribution in [3.63, 3.8) is 0 Å².